The molecule has 0 spiro atoms. The topological polar surface area (TPSA) is 24.9 Å². The Balaban J connectivity index is 3.24. The van der Waals surface area contributed by atoms with Crippen LogP contribution < -0.4 is 5.32 Å². The van der Waals surface area contributed by atoms with Gasteiger partial charge in [0.1, 0.15) is 3.70 Å². The van der Waals surface area contributed by atoms with Gasteiger partial charge >= 0.3 is 6.18 Å². The van der Waals surface area contributed by atoms with Crippen LogP contribution in [0.1, 0.15) is 5.69 Å². The molecule has 0 fully saturated rings. The van der Waals surface area contributed by atoms with Crippen LogP contribution in [0.2, 0.25) is 0 Å². The molecule has 72 valence electrons. The molecule has 0 aromatic carbocycles. The van der Waals surface area contributed by atoms with E-state index in [0.29, 0.717) is 3.70 Å². The summed E-state index contributed by atoms with van der Waals surface area (Å²) in [6.45, 7) is 0. The number of hydrogen-bond acceptors (Lipinski definition) is 2. The monoisotopic (exact) mass is 302 g/mol. The molecular weight excluding hydrogens is 296 g/mol. The Morgan fingerprint density at radius 1 is 1.38 bits per heavy atom. The third kappa shape index (κ3) is 2.45. The lowest BCUT2D eigenvalue weighted by atomic mass is 10.3. The van der Waals surface area contributed by atoms with Crippen molar-refractivity contribution in [3.8, 4) is 0 Å². The fourth-order valence-electron chi connectivity index (χ4n) is 0.853. The number of rotatable bonds is 1. The molecule has 0 atom stereocenters. The number of halogens is 4. The Morgan fingerprint density at radius 3 is 2.46 bits per heavy atom. The van der Waals surface area contributed by atoms with Gasteiger partial charge in [0.05, 0.1) is 5.69 Å². The van der Waals surface area contributed by atoms with Crippen molar-refractivity contribution < 1.29 is 13.2 Å². The van der Waals surface area contributed by atoms with Crippen molar-refractivity contribution >= 4 is 28.3 Å². The zero-order valence-electron chi connectivity index (χ0n) is 6.61. The number of anilines is 1. The van der Waals surface area contributed by atoms with Gasteiger partial charge in [-0.25, -0.2) is 4.98 Å². The predicted octanol–water partition coefficient (Wildman–Crippen LogP) is 2.75. The van der Waals surface area contributed by atoms with Crippen LogP contribution in [0.25, 0.3) is 0 Å². The summed E-state index contributed by atoms with van der Waals surface area (Å²) in [5.41, 5.74) is -0.880. The minimum absolute atomic E-state index is 0.00656. The lowest BCUT2D eigenvalue weighted by Crippen LogP contribution is -2.12. The minimum atomic E-state index is -4.40. The molecule has 1 aromatic heterocycles. The second-order valence-electron chi connectivity index (χ2n) is 2.28. The Labute approximate surface area is 86.7 Å². The van der Waals surface area contributed by atoms with Crippen LogP contribution in [0.15, 0.2) is 12.1 Å². The van der Waals surface area contributed by atoms with Gasteiger partial charge in [0.15, 0.2) is 5.69 Å². The summed E-state index contributed by atoms with van der Waals surface area (Å²) < 4.78 is 37.3. The van der Waals surface area contributed by atoms with E-state index >= 15 is 0 Å². The van der Waals surface area contributed by atoms with Crippen LogP contribution in [-0.4, -0.2) is 12.0 Å². The predicted molar refractivity (Wildman–Crippen MR) is 51.5 cm³/mol. The largest absolute Gasteiger partial charge is 0.435 e. The maximum absolute atomic E-state index is 12.3. The summed E-state index contributed by atoms with van der Waals surface area (Å²) >= 11 is 1.74. The van der Waals surface area contributed by atoms with Crippen molar-refractivity contribution in [1.82, 2.24) is 4.98 Å². The molecule has 0 aliphatic rings. The molecule has 0 amide bonds. The number of alkyl halides is 3. The summed E-state index contributed by atoms with van der Waals surface area (Å²) in [6.07, 6.45) is -4.40. The summed E-state index contributed by atoms with van der Waals surface area (Å²) in [5.74, 6) is 0. The van der Waals surface area contributed by atoms with E-state index in [4.69, 9.17) is 0 Å². The van der Waals surface area contributed by atoms with Gasteiger partial charge in [0, 0.05) is 7.05 Å². The fraction of sp³-hybridized carbons (Fsp3) is 0.286. The molecule has 0 saturated carbocycles. The highest BCUT2D eigenvalue weighted by molar-refractivity contribution is 14.1. The van der Waals surface area contributed by atoms with Gasteiger partial charge in [-0.2, -0.15) is 13.2 Å². The number of aromatic nitrogens is 1. The number of nitrogens with one attached hydrogen (secondary N) is 1. The van der Waals surface area contributed by atoms with E-state index in [1.165, 1.54) is 19.2 Å². The highest BCUT2D eigenvalue weighted by Crippen LogP contribution is 2.33. The molecule has 13 heavy (non-hydrogen) atoms. The summed E-state index contributed by atoms with van der Waals surface area (Å²) in [6, 6.07) is 2.87. The normalized spacial score (nSPS) is 11.5. The van der Waals surface area contributed by atoms with Gasteiger partial charge in [0.2, 0.25) is 0 Å². The first kappa shape index (κ1) is 10.6. The standard InChI is InChI=1S/C7H6F3IN2/c1-12-4-2-3-5(11)13-6(4)7(8,9)10/h2-3,12H,1H3. The Morgan fingerprint density at radius 2 is 2.00 bits per heavy atom. The van der Waals surface area contributed by atoms with Gasteiger partial charge in [-0.15, -0.1) is 0 Å². The molecule has 1 aromatic rings. The third-order valence-electron chi connectivity index (χ3n) is 1.40. The van der Waals surface area contributed by atoms with Gasteiger partial charge in [-0.05, 0) is 34.7 Å². The van der Waals surface area contributed by atoms with Crippen LogP contribution in [0.4, 0.5) is 18.9 Å². The van der Waals surface area contributed by atoms with Crippen molar-refractivity contribution in [3.05, 3.63) is 21.5 Å². The van der Waals surface area contributed by atoms with Crippen molar-refractivity contribution in [2.45, 2.75) is 6.18 Å². The van der Waals surface area contributed by atoms with Crippen LogP contribution in [0, 0.1) is 3.70 Å². The van der Waals surface area contributed by atoms with E-state index in [1.807, 2.05) is 0 Å². The fourth-order valence-corrected chi connectivity index (χ4v) is 1.27. The maximum atomic E-state index is 12.3. The molecule has 0 aliphatic carbocycles. The van der Waals surface area contributed by atoms with Gasteiger partial charge < -0.3 is 5.32 Å². The maximum Gasteiger partial charge on any atom is 0.435 e. The highest BCUT2D eigenvalue weighted by atomic mass is 127. The zero-order chi connectivity index (χ0) is 10.1. The molecule has 0 radical (unpaired) electrons. The minimum Gasteiger partial charge on any atom is -0.386 e. The average Bonchev–Trinajstić information content (AvgIpc) is 2.03. The van der Waals surface area contributed by atoms with E-state index in [2.05, 4.69) is 10.3 Å². The molecule has 6 heteroatoms. The van der Waals surface area contributed by atoms with E-state index < -0.39 is 11.9 Å². The third-order valence-corrected chi connectivity index (χ3v) is 2.00. The van der Waals surface area contributed by atoms with E-state index in [0.717, 1.165) is 0 Å². The Hall–Kier alpha value is -0.530. The van der Waals surface area contributed by atoms with E-state index in [-0.39, 0.29) is 5.69 Å². The van der Waals surface area contributed by atoms with E-state index in [1.54, 1.807) is 22.6 Å². The lowest BCUT2D eigenvalue weighted by molar-refractivity contribution is -0.140. The average molecular weight is 302 g/mol. The lowest BCUT2D eigenvalue weighted by Gasteiger charge is -2.10. The zero-order valence-corrected chi connectivity index (χ0v) is 8.77. The first-order valence-electron chi connectivity index (χ1n) is 3.36. The number of pyridine rings is 1. The van der Waals surface area contributed by atoms with Gasteiger partial charge in [-0.3, -0.25) is 0 Å². The van der Waals surface area contributed by atoms with E-state index in [9.17, 15) is 13.2 Å². The second-order valence-corrected chi connectivity index (χ2v) is 3.38. The molecule has 1 heterocycles. The van der Waals surface area contributed by atoms with Crippen molar-refractivity contribution in [2.75, 3.05) is 12.4 Å². The molecule has 1 rings (SSSR count). The van der Waals surface area contributed by atoms with Crippen molar-refractivity contribution in [3.63, 3.8) is 0 Å². The highest BCUT2D eigenvalue weighted by Gasteiger charge is 2.35. The molecule has 1 N–H and O–H groups in total. The van der Waals surface area contributed by atoms with Crippen LogP contribution in [-0.2, 0) is 6.18 Å². The second kappa shape index (κ2) is 3.69. The summed E-state index contributed by atoms with van der Waals surface area (Å²) in [4.78, 5) is 3.41. The van der Waals surface area contributed by atoms with Crippen LogP contribution in [0.5, 0.6) is 0 Å². The number of nitrogens with zero attached hydrogens (tertiary/aromatic N) is 1. The molecule has 0 saturated heterocycles. The van der Waals surface area contributed by atoms with Crippen LogP contribution in [0.3, 0.4) is 0 Å². The quantitative estimate of drug-likeness (QED) is 0.637. The molecule has 0 unspecified atom stereocenters. The SMILES string of the molecule is CNc1ccc(I)nc1C(F)(F)F. The smallest absolute Gasteiger partial charge is 0.386 e. The number of hydrogen-bond donors (Lipinski definition) is 1. The van der Waals surface area contributed by atoms with Gasteiger partial charge in [0.25, 0.3) is 0 Å². The summed E-state index contributed by atoms with van der Waals surface area (Å²) in [5, 5.41) is 2.44. The molecule has 2 nitrogen and oxygen atoms in total. The van der Waals surface area contributed by atoms with Crippen molar-refractivity contribution in [2.24, 2.45) is 0 Å². The van der Waals surface area contributed by atoms with Gasteiger partial charge in [-0.1, -0.05) is 0 Å². The first-order valence-corrected chi connectivity index (χ1v) is 4.44. The Bertz CT molecular complexity index is 311. The Kier molecular flexibility index (Phi) is 2.99. The first-order chi connectivity index (χ1) is 5.95. The molecular formula is C7H6F3IN2. The van der Waals surface area contributed by atoms with Crippen molar-refractivity contribution in [1.29, 1.82) is 0 Å². The molecule has 0 aliphatic heterocycles. The van der Waals surface area contributed by atoms with Crippen LogP contribution >= 0.6 is 22.6 Å². The summed E-state index contributed by atoms with van der Waals surface area (Å²) in [7, 11) is 1.43. The molecule has 0 bridgehead atoms.